The lowest BCUT2D eigenvalue weighted by molar-refractivity contribution is -0.130. The van der Waals surface area contributed by atoms with Crippen molar-refractivity contribution in [3.8, 4) is 11.5 Å². The molecule has 3 amide bonds. The molecule has 1 aromatic heterocycles. The Labute approximate surface area is 153 Å². The van der Waals surface area contributed by atoms with Gasteiger partial charge in [0.1, 0.15) is 5.54 Å². The van der Waals surface area contributed by atoms with Crippen LogP contribution in [0.15, 0.2) is 35.7 Å². The molecular weight excluding hydrogens is 356 g/mol. The number of nitrogens with zero attached hydrogens (tertiary/aromatic N) is 1. The average Bonchev–Trinajstić information content (AvgIpc) is 3.32. The van der Waals surface area contributed by atoms with Crippen molar-refractivity contribution >= 4 is 29.1 Å². The molecule has 8 heteroatoms. The van der Waals surface area contributed by atoms with E-state index in [0.717, 1.165) is 10.5 Å². The Hall–Kier alpha value is -2.87. The van der Waals surface area contributed by atoms with Crippen LogP contribution in [0.4, 0.5) is 4.79 Å². The minimum Gasteiger partial charge on any atom is -0.454 e. The molecule has 0 unspecified atom stereocenters. The fraction of sp³-hybridized carbons (Fsp3) is 0.278. The zero-order valence-electron chi connectivity index (χ0n) is 14.0. The topological polar surface area (TPSA) is 84.9 Å². The van der Waals surface area contributed by atoms with Crippen molar-refractivity contribution in [3.63, 3.8) is 0 Å². The van der Waals surface area contributed by atoms with E-state index in [4.69, 9.17) is 9.47 Å². The van der Waals surface area contributed by atoms with Crippen molar-refractivity contribution < 1.29 is 23.9 Å². The molecule has 1 atom stereocenters. The van der Waals surface area contributed by atoms with E-state index in [-0.39, 0.29) is 25.5 Å². The molecule has 7 nitrogen and oxygen atoms in total. The molecule has 0 saturated carbocycles. The number of carbonyl (C=O) groups excluding carboxylic acids is 3. The number of ketones is 1. The maximum atomic E-state index is 12.8. The summed E-state index contributed by atoms with van der Waals surface area (Å²) < 4.78 is 10.6. The van der Waals surface area contributed by atoms with E-state index in [1.165, 1.54) is 11.3 Å². The van der Waals surface area contributed by atoms with E-state index in [1.54, 1.807) is 36.6 Å². The molecule has 1 aromatic carbocycles. The summed E-state index contributed by atoms with van der Waals surface area (Å²) in [5.41, 5.74) is -0.280. The first-order chi connectivity index (χ1) is 12.5. The number of imide groups is 1. The monoisotopic (exact) mass is 372 g/mol. The van der Waals surface area contributed by atoms with E-state index < -0.39 is 17.5 Å². The molecule has 0 spiro atoms. The summed E-state index contributed by atoms with van der Waals surface area (Å²) >= 11 is 1.29. The van der Waals surface area contributed by atoms with Crippen LogP contribution in [0.25, 0.3) is 0 Å². The van der Waals surface area contributed by atoms with Gasteiger partial charge in [0.2, 0.25) is 6.79 Å². The quantitative estimate of drug-likeness (QED) is 0.643. The van der Waals surface area contributed by atoms with Crippen molar-refractivity contribution in [2.24, 2.45) is 0 Å². The second-order valence-electron chi connectivity index (χ2n) is 6.42. The van der Waals surface area contributed by atoms with Gasteiger partial charge < -0.3 is 14.8 Å². The van der Waals surface area contributed by atoms with Crippen LogP contribution in [0.5, 0.6) is 11.5 Å². The van der Waals surface area contributed by atoms with Crippen molar-refractivity contribution in [1.29, 1.82) is 0 Å². The zero-order valence-corrected chi connectivity index (χ0v) is 14.8. The molecule has 0 aliphatic carbocycles. The zero-order chi connectivity index (χ0) is 18.3. The fourth-order valence-corrected chi connectivity index (χ4v) is 3.79. The molecule has 0 bridgehead atoms. The van der Waals surface area contributed by atoms with Gasteiger partial charge in [0, 0.05) is 6.42 Å². The Kier molecular flexibility index (Phi) is 3.91. The summed E-state index contributed by atoms with van der Waals surface area (Å²) in [4.78, 5) is 38.9. The maximum absolute atomic E-state index is 12.8. The second kappa shape index (κ2) is 6.14. The number of Topliss-reactive ketones (excluding diaryl/α,β-unsaturated/α-hetero) is 1. The third kappa shape index (κ3) is 2.82. The van der Waals surface area contributed by atoms with E-state index in [9.17, 15) is 14.4 Å². The summed E-state index contributed by atoms with van der Waals surface area (Å²) in [5.74, 6) is 0.609. The van der Waals surface area contributed by atoms with Crippen LogP contribution in [0.1, 0.15) is 22.2 Å². The first kappa shape index (κ1) is 16.6. The lowest BCUT2D eigenvalue weighted by atomic mass is 9.92. The largest absolute Gasteiger partial charge is 0.454 e. The third-order valence-corrected chi connectivity index (χ3v) is 5.35. The molecule has 1 fully saturated rings. The maximum Gasteiger partial charge on any atom is 0.325 e. The fourth-order valence-electron chi connectivity index (χ4n) is 3.13. The Morgan fingerprint density at radius 1 is 1.27 bits per heavy atom. The van der Waals surface area contributed by atoms with Crippen LogP contribution >= 0.6 is 11.3 Å². The highest BCUT2D eigenvalue weighted by molar-refractivity contribution is 7.12. The van der Waals surface area contributed by atoms with Gasteiger partial charge in [0.25, 0.3) is 5.91 Å². The highest BCUT2D eigenvalue weighted by atomic mass is 32.1. The van der Waals surface area contributed by atoms with Gasteiger partial charge in [-0.25, -0.2) is 4.79 Å². The van der Waals surface area contributed by atoms with E-state index >= 15 is 0 Å². The summed E-state index contributed by atoms with van der Waals surface area (Å²) in [6.45, 7) is 1.57. The van der Waals surface area contributed by atoms with Crippen molar-refractivity contribution in [1.82, 2.24) is 10.2 Å². The molecule has 3 heterocycles. The molecule has 2 aromatic rings. The lowest BCUT2D eigenvalue weighted by Gasteiger charge is -2.21. The van der Waals surface area contributed by atoms with Gasteiger partial charge >= 0.3 is 6.03 Å². The Morgan fingerprint density at radius 3 is 2.85 bits per heavy atom. The van der Waals surface area contributed by atoms with Crippen molar-refractivity contribution in [2.45, 2.75) is 18.9 Å². The Morgan fingerprint density at radius 2 is 2.08 bits per heavy atom. The normalized spacial score (nSPS) is 21.2. The number of hydrogen-bond donors (Lipinski definition) is 1. The molecule has 1 N–H and O–H groups in total. The highest BCUT2D eigenvalue weighted by Gasteiger charge is 2.48. The molecule has 2 aliphatic rings. The lowest BCUT2D eigenvalue weighted by Crippen LogP contribution is -2.46. The molecule has 134 valence electrons. The minimum atomic E-state index is -1.11. The summed E-state index contributed by atoms with van der Waals surface area (Å²) in [6.07, 6.45) is 0.290. The van der Waals surface area contributed by atoms with Gasteiger partial charge in [-0.2, -0.15) is 0 Å². The van der Waals surface area contributed by atoms with Gasteiger partial charge in [-0.3, -0.25) is 14.5 Å². The van der Waals surface area contributed by atoms with Gasteiger partial charge in [-0.05, 0) is 36.1 Å². The number of amides is 3. The third-order valence-electron chi connectivity index (χ3n) is 4.44. The van der Waals surface area contributed by atoms with Crippen molar-refractivity contribution in [3.05, 3.63) is 46.2 Å². The average molecular weight is 372 g/mol. The molecular formula is C18H16N2O5S. The van der Waals surface area contributed by atoms with E-state index in [2.05, 4.69) is 5.32 Å². The summed E-state index contributed by atoms with van der Waals surface area (Å²) in [7, 11) is 0. The van der Waals surface area contributed by atoms with E-state index in [0.29, 0.717) is 16.4 Å². The Balaban J connectivity index is 1.51. The number of fused-ring (bicyclic) bond motifs is 1. The smallest absolute Gasteiger partial charge is 0.325 e. The first-order valence-electron chi connectivity index (χ1n) is 8.06. The molecule has 26 heavy (non-hydrogen) atoms. The standard InChI is InChI=1S/C18H16N2O5S/c1-18(8-11-4-5-13-14(7-11)25-10-24-13)16(22)20(17(23)19-18)9-12(21)15-3-2-6-26-15/h2-7H,8-10H2,1H3,(H,19,23)/t18-/m1/s1. The highest BCUT2D eigenvalue weighted by Crippen LogP contribution is 2.34. The number of benzene rings is 1. The molecule has 1 saturated heterocycles. The minimum absolute atomic E-state index is 0.171. The first-order valence-corrected chi connectivity index (χ1v) is 8.93. The number of thiophene rings is 1. The van der Waals surface area contributed by atoms with Gasteiger partial charge in [0.15, 0.2) is 17.3 Å². The van der Waals surface area contributed by atoms with Crippen LogP contribution in [0.2, 0.25) is 0 Å². The second-order valence-corrected chi connectivity index (χ2v) is 7.37. The summed E-state index contributed by atoms with van der Waals surface area (Å²) in [6, 6.07) is 8.29. The molecule has 2 aliphatic heterocycles. The van der Waals surface area contributed by atoms with Crippen molar-refractivity contribution in [2.75, 3.05) is 13.3 Å². The summed E-state index contributed by atoms with van der Waals surface area (Å²) in [5, 5.41) is 4.49. The number of ether oxygens (including phenoxy) is 2. The van der Waals surface area contributed by atoms with Gasteiger partial charge in [-0.1, -0.05) is 12.1 Å². The van der Waals surface area contributed by atoms with Gasteiger partial charge in [-0.15, -0.1) is 11.3 Å². The van der Waals surface area contributed by atoms with E-state index in [1.807, 2.05) is 6.07 Å². The molecule has 4 rings (SSSR count). The van der Waals surface area contributed by atoms with Crippen LogP contribution < -0.4 is 14.8 Å². The number of rotatable bonds is 5. The van der Waals surface area contributed by atoms with Gasteiger partial charge in [0.05, 0.1) is 11.4 Å². The Bertz CT molecular complexity index is 895. The van der Waals surface area contributed by atoms with Crippen LogP contribution in [0.3, 0.4) is 0 Å². The predicted octanol–water partition coefficient (Wildman–Crippen LogP) is 2.21. The molecule has 0 radical (unpaired) electrons. The van der Waals surface area contributed by atoms with Crippen LogP contribution in [-0.4, -0.2) is 41.5 Å². The predicted molar refractivity (Wildman–Crippen MR) is 93.6 cm³/mol. The number of hydrogen-bond acceptors (Lipinski definition) is 6. The SMILES string of the molecule is C[C@]1(Cc2ccc3c(c2)OCO3)NC(=O)N(CC(=O)c2cccs2)C1=O. The van der Waals surface area contributed by atoms with Crippen LogP contribution in [-0.2, 0) is 11.2 Å². The number of carbonyl (C=O) groups is 3. The number of urea groups is 1. The number of nitrogens with one attached hydrogen (secondary N) is 1. The van der Waals surface area contributed by atoms with Crippen LogP contribution in [0, 0.1) is 0 Å².